The van der Waals surface area contributed by atoms with Crippen molar-refractivity contribution in [2.75, 3.05) is 0 Å². The van der Waals surface area contributed by atoms with Gasteiger partial charge in [0.25, 0.3) is 11.4 Å². The Morgan fingerprint density at radius 1 is 1.00 bits per heavy atom. The van der Waals surface area contributed by atoms with Crippen molar-refractivity contribution in [3.8, 4) is 0 Å². The maximum Gasteiger partial charge on any atom is 0.254 e. The van der Waals surface area contributed by atoms with E-state index in [-0.39, 0.29) is 27.6 Å². The van der Waals surface area contributed by atoms with Gasteiger partial charge in [0.05, 0.1) is 5.21 Å². The van der Waals surface area contributed by atoms with Crippen molar-refractivity contribution in [3.05, 3.63) is 82.1 Å². The van der Waals surface area contributed by atoms with E-state index in [2.05, 4.69) is 10.2 Å². The fourth-order valence-electron chi connectivity index (χ4n) is 3.07. The molecule has 3 aromatic rings. The van der Waals surface area contributed by atoms with Gasteiger partial charge in [-0.3, -0.25) is 14.6 Å². The Morgan fingerprint density at radius 3 is 2.44 bits per heavy atom. The molecular formula is C18H14N4O3. The number of carbonyl (C=O) groups excluding carboxylic acids is 2. The van der Waals surface area contributed by atoms with Crippen LogP contribution in [0, 0.1) is 5.21 Å². The van der Waals surface area contributed by atoms with Gasteiger partial charge in [0, 0.05) is 23.0 Å². The molecule has 1 aliphatic carbocycles. The Morgan fingerprint density at radius 2 is 1.72 bits per heavy atom. The van der Waals surface area contributed by atoms with Crippen molar-refractivity contribution >= 4 is 11.6 Å². The van der Waals surface area contributed by atoms with Crippen LogP contribution >= 0.6 is 0 Å². The van der Waals surface area contributed by atoms with Crippen LogP contribution in [-0.2, 0) is 13.0 Å². The maximum absolute atomic E-state index is 12.7. The number of hydrogen-bond acceptors (Lipinski definition) is 5. The van der Waals surface area contributed by atoms with Crippen LogP contribution in [0.4, 0.5) is 0 Å². The highest BCUT2D eigenvalue weighted by Gasteiger charge is 2.40. The third kappa shape index (κ3) is 2.50. The van der Waals surface area contributed by atoms with Crippen LogP contribution in [0.5, 0.6) is 0 Å². The highest BCUT2D eigenvalue weighted by molar-refractivity contribution is 6.26. The third-order valence-electron chi connectivity index (χ3n) is 4.24. The minimum Gasteiger partial charge on any atom is -0.691 e. The van der Waals surface area contributed by atoms with Crippen molar-refractivity contribution in [2.24, 2.45) is 0 Å². The van der Waals surface area contributed by atoms with Gasteiger partial charge in [-0.2, -0.15) is 0 Å². The van der Waals surface area contributed by atoms with E-state index < -0.39 is 5.78 Å². The van der Waals surface area contributed by atoms with E-state index in [0.717, 1.165) is 5.69 Å². The lowest BCUT2D eigenvalue weighted by Crippen LogP contribution is -2.38. The zero-order chi connectivity index (χ0) is 17.4. The van der Waals surface area contributed by atoms with Crippen LogP contribution in [0.15, 0.2) is 48.7 Å². The minimum absolute atomic E-state index is 0.0692. The second kappa shape index (κ2) is 5.94. The molecule has 7 heteroatoms. The number of benzene rings is 1. The predicted molar refractivity (Wildman–Crippen MR) is 87.1 cm³/mol. The lowest BCUT2D eigenvalue weighted by atomic mass is 9.90. The fraction of sp³-hybridized carbons (Fsp3) is 0.167. The molecule has 0 fully saturated rings. The highest BCUT2D eigenvalue weighted by Crippen LogP contribution is 2.25. The van der Waals surface area contributed by atoms with Crippen molar-refractivity contribution in [1.82, 2.24) is 14.9 Å². The second-order valence-electron chi connectivity index (χ2n) is 5.81. The zero-order valence-electron chi connectivity index (χ0n) is 13.3. The second-order valence-corrected chi connectivity index (χ2v) is 5.81. The molecule has 7 nitrogen and oxygen atoms in total. The Labute approximate surface area is 143 Å². The Bertz CT molecular complexity index is 979. The molecule has 124 valence electrons. The Hall–Kier alpha value is -3.35. The quantitative estimate of drug-likeness (QED) is 0.414. The van der Waals surface area contributed by atoms with Gasteiger partial charge in [-0.1, -0.05) is 30.3 Å². The van der Waals surface area contributed by atoms with Crippen molar-refractivity contribution in [3.63, 3.8) is 0 Å². The number of hydrogen-bond donors (Lipinski definition) is 0. The van der Waals surface area contributed by atoms with Gasteiger partial charge in [-0.25, -0.2) is 0 Å². The fourth-order valence-corrected chi connectivity index (χ4v) is 3.07. The summed E-state index contributed by atoms with van der Waals surface area (Å²) in [5, 5.41) is 15.9. The van der Waals surface area contributed by atoms with Gasteiger partial charge in [0.2, 0.25) is 11.6 Å². The normalized spacial score (nSPS) is 12.8. The molecule has 0 aliphatic heterocycles. The average molecular weight is 334 g/mol. The molecule has 2 aromatic heterocycles. The van der Waals surface area contributed by atoms with Gasteiger partial charge < -0.3 is 5.21 Å². The minimum atomic E-state index is -0.462. The number of fused-ring (bicyclic) bond motifs is 2. The van der Waals surface area contributed by atoms with Crippen LogP contribution in [0.1, 0.15) is 44.2 Å². The monoisotopic (exact) mass is 334 g/mol. The smallest absolute Gasteiger partial charge is 0.254 e. The molecule has 0 saturated heterocycles. The van der Waals surface area contributed by atoms with Gasteiger partial charge in [0.1, 0.15) is 6.54 Å². The van der Waals surface area contributed by atoms with E-state index in [1.807, 2.05) is 18.2 Å². The highest BCUT2D eigenvalue weighted by atomic mass is 16.5. The number of nitrogens with zero attached hydrogens (tertiary/aromatic N) is 4. The lowest BCUT2D eigenvalue weighted by molar-refractivity contribution is -0.672. The molecule has 1 aliphatic rings. The molecular weight excluding hydrogens is 320 g/mol. The van der Waals surface area contributed by atoms with E-state index in [1.165, 1.54) is 4.68 Å². The molecule has 0 N–H and O–H groups in total. The number of carbonyl (C=O) groups is 2. The van der Waals surface area contributed by atoms with Gasteiger partial charge >= 0.3 is 0 Å². The van der Waals surface area contributed by atoms with E-state index >= 15 is 0 Å². The first-order valence-corrected chi connectivity index (χ1v) is 7.96. The molecule has 0 spiro atoms. The SMILES string of the molecule is O=C1c2ccccc2C(=O)c2c1n(CCCc1ccccn1)n[n+]2[O-]. The summed E-state index contributed by atoms with van der Waals surface area (Å²) in [5.74, 6) is -0.804. The summed E-state index contributed by atoms with van der Waals surface area (Å²) in [6.07, 6.45) is 3.05. The van der Waals surface area contributed by atoms with Crippen LogP contribution in [-0.4, -0.2) is 26.4 Å². The summed E-state index contributed by atoms with van der Waals surface area (Å²) in [7, 11) is 0. The number of rotatable bonds is 4. The van der Waals surface area contributed by atoms with Gasteiger partial charge in [-0.05, 0) is 25.0 Å². The largest absolute Gasteiger partial charge is 0.691 e. The van der Waals surface area contributed by atoms with E-state index in [9.17, 15) is 14.8 Å². The Balaban J connectivity index is 1.64. The number of ketones is 2. The van der Waals surface area contributed by atoms with Crippen LogP contribution < -0.4 is 4.85 Å². The molecule has 0 saturated carbocycles. The lowest BCUT2D eigenvalue weighted by Gasteiger charge is -2.11. The summed E-state index contributed by atoms with van der Waals surface area (Å²) in [6.45, 7) is 0.356. The number of pyridine rings is 1. The first-order valence-electron chi connectivity index (χ1n) is 7.96. The zero-order valence-corrected chi connectivity index (χ0v) is 13.3. The van der Waals surface area contributed by atoms with Crippen LogP contribution in [0.3, 0.4) is 0 Å². The molecule has 0 unspecified atom stereocenters. The summed E-state index contributed by atoms with van der Waals surface area (Å²) < 4.78 is 1.33. The molecule has 0 amide bonds. The summed E-state index contributed by atoms with van der Waals surface area (Å²) >= 11 is 0. The first kappa shape index (κ1) is 15.2. The predicted octanol–water partition coefficient (Wildman–Crippen LogP) is 1.32. The van der Waals surface area contributed by atoms with Crippen molar-refractivity contribution in [1.29, 1.82) is 0 Å². The topological polar surface area (TPSA) is 91.8 Å². The van der Waals surface area contributed by atoms with Crippen LogP contribution in [0.2, 0.25) is 0 Å². The van der Waals surface area contributed by atoms with Gasteiger partial charge in [0.15, 0.2) is 0 Å². The molecule has 2 heterocycles. The standard InChI is InChI=1S/C18H14N4O3/c23-17-13-8-1-2-9-14(13)18(24)16-15(17)21(20-22(16)25)11-5-7-12-6-3-4-10-19-12/h1-4,6,8-10H,5,7,11H2. The molecule has 0 bridgehead atoms. The average Bonchev–Trinajstić information content (AvgIpc) is 2.97. The molecule has 0 radical (unpaired) electrons. The molecule has 4 rings (SSSR count). The van der Waals surface area contributed by atoms with E-state index in [1.54, 1.807) is 30.5 Å². The summed E-state index contributed by atoms with van der Waals surface area (Å²) in [5.41, 5.74) is 1.36. The van der Waals surface area contributed by atoms with E-state index in [0.29, 0.717) is 24.9 Å². The number of aryl methyl sites for hydroxylation is 2. The molecule has 1 aromatic carbocycles. The van der Waals surface area contributed by atoms with Crippen molar-refractivity contribution < 1.29 is 14.4 Å². The number of aromatic nitrogens is 4. The first-order chi connectivity index (χ1) is 12.2. The van der Waals surface area contributed by atoms with Crippen molar-refractivity contribution in [2.45, 2.75) is 19.4 Å². The Kier molecular flexibility index (Phi) is 3.61. The van der Waals surface area contributed by atoms with E-state index in [4.69, 9.17) is 0 Å². The molecule has 0 atom stereocenters. The summed E-state index contributed by atoms with van der Waals surface area (Å²) in [6, 6.07) is 12.2. The molecule has 25 heavy (non-hydrogen) atoms. The van der Waals surface area contributed by atoms with Crippen LogP contribution in [0.25, 0.3) is 0 Å². The van der Waals surface area contributed by atoms with Gasteiger partial charge in [-0.15, -0.1) is 9.53 Å². The summed E-state index contributed by atoms with van der Waals surface area (Å²) in [4.78, 5) is 29.8. The third-order valence-corrected chi connectivity index (χ3v) is 4.24. The maximum atomic E-state index is 12.7.